The summed E-state index contributed by atoms with van der Waals surface area (Å²) < 4.78 is 0. The number of nitrogens with one attached hydrogen (secondary N) is 1. The van der Waals surface area contributed by atoms with Crippen LogP contribution in [0.3, 0.4) is 0 Å². The first-order valence-corrected chi connectivity index (χ1v) is 6.79. The van der Waals surface area contributed by atoms with E-state index in [9.17, 15) is 9.90 Å². The Kier molecular flexibility index (Phi) is 3.06. The highest BCUT2D eigenvalue weighted by atomic mass is 16.3. The van der Waals surface area contributed by atoms with Gasteiger partial charge in [0.05, 0.1) is 24.0 Å². The largest absolute Gasteiger partial charge is 0.397 e. The Labute approximate surface area is 112 Å². The average Bonchev–Trinajstić information content (AvgIpc) is 2.86. The van der Waals surface area contributed by atoms with Crippen molar-refractivity contribution in [1.29, 1.82) is 0 Å². The number of aliphatic hydroxyl groups excluding tert-OH is 1. The Balaban J connectivity index is 1.96. The zero-order valence-corrected chi connectivity index (χ0v) is 10.9. The number of carbonyl (C=O) groups is 1. The van der Waals surface area contributed by atoms with Gasteiger partial charge in [0.1, 0.15) is 0 Å². The van der Waals surface area contributed by atoms with Crippen molar-refractivity contribution < 1.29 is 9.90 Å². The molecule has 0 saturated carbocycles. The zero-order chi connectivity index (χ0) is 13.4. The van der Waals surface area contributed by atoms with Crippen LogP contribution in [-0.2, 0) is 11.2 Å². The van der Waals surface area contributed by atoms with E-state index in [1.54, 1.807) is 0 Å². The van der Waals surface area contributed by atoms with Gasteiger partial charge in [-0.2, -0.15) is 0 Å². The number of nitrogen functional groups attached to an aromatic ring is 1. The van der Waals surface area contributed by atoms with Crippen molar-refractivity contribution in [3.05, 3.63) is 17.7 Å². The lowest BCUT2D eigenvalue weighted by molar-refractivity contribution is -0.116. The lowest BCUT2D eigenvalue weighted by Gasteiger charge is -2.28. The number of aliphatic hydroxyl groups is 1. The SMILES string of the molecule is Nc1cc2c(cc1N1CCCC1CO)CCC(=O)N2. The third kappa shape index (κ3) is 2.14. The number of amides is 1. The first-order valence-electron chi connectivity index (χ1n) is 6.79. The molecule has 5 heteroatoms. The minimum Gasteiger partial charge on any atom is -0.397 e. The number of anilines is 3. The number of aryl methyl sites for hydroxylation is 1. The number of nitrogens with two attached hydrogens (primary N) is 1. The molecule has 0 spiro atoms. The maximum atomic E-state index is 11.4. The molecule has 102 valence electrons. The third-order valence-electron chi connectivity index (χ3n) is 4.05. The molecule has 1 saturated heterocycles. The van der Waals surface area contributed by atoms with Gasteiger partial charge in [-0.05, 0) is 37.0 Å². The van der Waals surface area contributed by atoms with E-state index in [0.717, 1.165) is 42.7 Å². The van der Waals surface area contributed by atoms with Crippen molar-refractivity contribution in [3.8, 4) is 0 Å². The number of benzene rings is 1. The second-order valence-corrected chi connectivity index (χ2v) is 5.29. The van der Waals surface area contributed by atoms with Crippen LogP contribution < -0.4 is 16.0 Å². The van der Waals surface area contributed by atoms with Crippen LogP contribution in [0.2, 0.25) is 0 Å². The predicted octanol–water partition coefficient (Wildman–Crippen LogP) is 1.11. The lowest BCUT2D eigenvalue weighted by Crippen LogP contribution is -2.33. The molecule has 5 nitrogen and oxygen atoms in total. The van der Waals surface area contributed by atoms with Crippen LogP contribution in [0.4, 0.5) is 17.1 Å². The molecule has 0 aliphatic carbocycles. The van der Waals surface area contributed by atoms with Gasteiger partial charge in [0.15, 0.2) is 0 Å². The van der Waals surface area contributed by atoms with Crippen molar-refractivity contribution in [2.75, 3.05) is 29.1 Å². The smallest absolute Gasteiger partial charge is 0.224 e. The molecule has 1 amide bonds. The first-order chi connectivity index (χ1) is 9.19. The van der Waals surface area contributed by atoms with Crippen LogP contribution >= 0.6 is 0 Å². The summed E-state index contributed by atoms with van der Waals surface area (Å²) in [6, 6.07) is 4.07. The van der Waals surface area contributed by atoms with Gasteiger partial charge in [-0.3, -0.25) is 4.79 Å². The summed E-state index contributed by atoms with van der Waals surface area (Å²) in [6.45, 7) is 1.09. The molecule has 1 atom stereocenters. The van der Waals surface area contributed by atoms with Crippen LogP contribution in [0.15, 0.2) is 12.1 Å². The van der Waals surface area contributed by atoms with Crippen LogP contribution in [0, 0.1) is 0 Å². The zero-order valence-electron chi connectivity index (χ0n) is 10.9. The Hall–Kier alpha value is -1.75. The highest BCUT2D eigenvalue weighted by molar-refractivity contribution is 5.95. The van der Waals surface area contributed by atoms with Crippen molar-refractivity contribution in [2.24, 2.45) is 0 Å². The molecule has 0 radical (unpaired) electrons. The fourth-order valence-electron chi connectivity index (χ4n) is 3.02. The molecule has 0 aromatic heterocycles. The molecule has 2 heterocycles. The van der Waals surface area contributed by atoms with Gasteiger partial charge in [-0.1, -0.05) is 0 Å². The van der Waals surface area contributed by atoms with E-state index in [1.165, 1.54) is 0 Å². The first kappa shape index (κ1) is 12.3. The Morgan fingerprint density at radius 2 is 2.26 bits per heavy atom. The average molecular weight is 261 g/mol. The second-order valence-electron chi connectivity index (χ2n) is 5.29. The normalized spacial score (nSPS) is 22.3. The topological polar surface area (TPSA) is 78.6 Å². The minimum atomic E-state index is 0.0501. The van der Waals surface area contributed by atoms with Crippen molar-refractivity contribution in [3.63, 3.8) is 0 Å². The van der Waals surface area contributed by atoms with Crippen LogP contribution in [0.25, 0.3) is 0 Å². The molecule has 2 aliphatic rings. The number of hydrogen-bond donors (Lipinski definition) is 3. The molecular formula is C14H19N3O2. The van der Waals surface area contributed by atoms with Crippen LogP contribution in [0.5, 0.6) is 0 Å². The van der Waals surface area contributed by atoms with Crippen LogP contribution in [0.1, 0.15) is 24.8 Å². The van der Waals surface area contributed by atoms with E-state index in [1.807, 2.05) is 6.07 Å². The van der Waals surface area contributed by atoms with Gasteiger partial charge in [0.2, 0.25) is 5.91 Å². The standard InChI is InChI=1S/C14H19N3O2/c15-11-7-12-9(3-4-14(19)16-12)6-13(11)17-5-1-2-10(17)8-18/h6-7,10,18H,1-5,8,15H2,(H,16,19). The summed E-state index contributed by atoms with van der Waals surface area (Å²) in [5.41, 5.74) is 9.73. The molecule has 4 N–H and O–H groups in total. The quantitative estimate of drug-likeness (QED) is 0.697. The highest BCUT2D eigenvalue weighted by Crippen LogP contribution is 2.36. The highest BCUT2D eigenvalue weighted by Gasteiger charge is 2.27. The summed E-state index contributed by atoms with van der Waals surface area (Å²) in [6.07, 6.45) is 3.37. The van der Waals surface area contributed by atoms with Gasteiger partial charge >= 0.3 is 0 Å². The fourth-order valence-corrected chi connectivity index (χ4v) is 3.02. The molecule has 0 bridgehead atoms. The van der Waals surface area contributed by atoms with E-state index in [-0.39, 0.29) is 18.6 Å². The van der Waals surface area contributed by atoms with Crippen molar-refractivity contribution in [2.45, 2.75) is 31.7 Å². The van der Waals surface area contributed by atoms with Gasteiger partial charge in [-0.15, -0.1) is 0 Å². The Bertz CT molecular complexity index is 516. The number of rotatable bonds is 2. The van der Waals surface area contributed by atoms with E-state index >= 15 is 0 Å². The monoisotopic (exact) mass is 261 g/mol. The summed E-state index contributed by atoms with van der Waals surface area (Å²) >= 11 is 0. The Morgan fingerprint density at radius 1 is 1.42 bits per heavy atom. The molecule has 1 aromatic rings. The van der Waals surface area contributed by atoms with Crippen molar-refractivity contribution >= 4 is 23.0 Å². The summed E-state index contributed by atoms with van der Waals surface area (Å²) in [7, 11) is 0. The molecule has 3 rings (SSSR count). The maximum Gasteiger partial charge on any atom is 0.224 e. The number of nitrogens with zero attached hydrogens (tertiary/aromatic N) is 1. The third-order valence-corrected chi connectivity index (χ3v) is 4.05. The summed E-state index contributed by atoms with van der Waals surface area (Å²) in [5, 5.41) is 12.3. The van der Waals surface area contributed by atoms with Crippen LogP contribution in [-0.4, -0.2) is 30.2 Å². The summed E-state index contributed by atoms with van der Waals surface area (Å²) in [5.74, 6) is 0.0501. The number of fused-ring (bicyclic) bond motifs is 1. The molecule has 1 aromatic carbocycles. The van der Waals surface area contributed by atoms with Crippen molar-refractivity contribution in [1.82, 2.24) is 0 Å². The van der Waals surface area contributed by atoms with Gasteiger partial charge in [0, 0.05) is 18.7 Å². The minimum absolute atomic E-state index is 0.0501. The Morgan fingerprint density at radius 3 is 3.05 bits per heavy atom. The van der Waals surface area contributed by atoms with Gasteiger partial charge in [-0.25, -0.2) is 0 Å². The van der Waals surface area contributed by atoms with E-state index in [2.05, 4.69) is 16.3 Å². The second kappa shape index (κ2) is 4.74. The predicted molar refractivity (Wildman–Crippen MR) is 75.3 cm³/mol. The molecule has 1 fully saturated rings. The summed E-state index contributed by atoms with van der Waals surface area (Å²) in [4.78, 5) is 13.6. The van der Waals surface area contributed by atoms with Gasteiger partial charge in [0.25, 0.3) is 0 Å². The molecular weight excluding hydrogens is 242 g/mol. The number of hydrogen-bond acceptors (Lipinski definition) is 4. The lowest BCUT2D eigenvalue weighted by atomic mass is 10.0. The molecule has 1 unspecified atom stereocenters. The molecule has 2 aliphatic heterocycles. The van der Waals surface area contributed by atoms with E-state index in [0.29, 0.717) is 12.1 Å². The van der Waals surface area contributed by atoms with E-state index in [4.69, 9.17) is 5.73 Å². The molecule has 19 heavy (non-hydrogen) atoms. The fraction of sp³-hybridized carbons (Fsp3) is 0.500. The van der Waals surface area contributed by atoms with Gasteiger partial charge < -0.3 is 21.1 Å². The number of carbonyl (C=O) groups excluding carboxylic acids is 1. The maximum absolute atomic E-state index is 11.4. The van der Waals surface area contributed by atoms with E-state index < -0.39 is 0 Å².